The van der Waals surface area contributed by atoms with Crippen molar-refractivity contribution in [2.45, 2.75) is 6.18 Å². The van der Waals surface area contributed by atoms with Gasteiger partial charge in [-0.15, -0.1) is 10.2 Å². The molecule has 32 heavy (non-hydrogen) atoms. The van der Waals surface area contributed by atoms with Crippen LogP contribution in [-0.2, 0) is 6.18 Å². The van der Waals surface area contributed by atoms with Crippen molar-refractivity contribution in [2.75, 3.05) is 0 Å². The van der Waals surface area contributed by atoms with Gasteiger partial charge in [-0.05, 0) is 59.7 Å². The Labute approximate surface area is 180 Å². The van der Waals surface area contributed by atoms with E-state index in [1.165, 1.54) is 12.3 Å². The zero-order chi connectivity index (χ0) is 22.1. The lowest BCUT2D eigenvalue weighted by atomic mass is 10.1. The SMILES string of the molecule is FC(F)(F)c1nnc2ccc(-c3ccc(Oc4cccnc4-c4ccccn4)cc3)cn12. The Bertz CT molecular complexity index is 1380. The van der Waals surface area contributed by atoms with Gasteiger partial charge in [0.15, 0.2) is 11.4 Å². The van der Waals surface area contributed by atoms with Crippen LogP contribution in [0.15, 0.2) is 85.3 Å². The zero-order valence-corrected chi connectivity index (χ0v) is 16.4. The molecule has 0 radical (unpaired) electrons. The molecule has 5 aromatic rings. The summed E-state index contributed by atoms with van der Waals surface area (Å²) < 4.78 is 46.4. The predicted octanol–water partition coefficient (Wildman–Crippen LogP) is 5.66. The molecule has 0 unspecified atom stereocenters. The number of hydrogen-bond acceptors (Lipinski definition) is 5. The zero-order valence-electron chi connectivity index (χ0n) is 16.4. The standard InChI is InChI=1S/C23H14F3N5O/c24-23(25,26)22-30-29-20-11-8-16(14-31(20)22)15-6-9-17(10-7-15)32-19-5-3-13-28-21(19)18-4-1-2-12-27-18/h1-14H. The first kappa shape index (κ1) is 19.7. The first-order valence-electron chi connectivity index (χ1n) is 9.56. The number of alkyl halides is 3. The number of rotatable bonds is 4. The second kappa shape index (κ2) is 7.77. The van der Waals surface area contributed by atoms with Crippen LogP contribution >= 0.6 is 0 Å². The van der Waals surface area contributed by atoms with Crippen LogP contribution in [-0.4, -0.2) is 24.6 Å². The minimum atomic E-state index is -4.59. The third-order valence-corrected chi connectivity index (χ3v) is 4.75. The Morgan fingerprint density at radius 2 is 1.53 bits per heavy atom. The van der Waals surface area contributed by atoms with Crippen molar-refractivity contribution in [3.63, 3.8) is 0 Å². The molecule has 6 nitrogen and oxygen atoms in total. The van der Waals surface area contributed by atoms with Crippen molar-refractivity contribution < 1.29 is 17.9 Å². The van der Waals surface area contributed by atoms with Crippen LogP contribution in [0.4, 0.5) is 13.2 Å². The summed E-state index contributed by atoms with van der Waals surface area (Å²) in [5, 5.41) is 6.83. The van der Waals surface area contributed by atoms with E-state index in [9.17, 15) is 13.2 Å². The lowest BCUT2D eigenvalue weighted by Gasteiger charge is -2.11. The van der Waals surface area contributed by atoms with Gasteiger partial charge >= 0.3 is 6.18 Å². The topological polar surface area (TPSA) is 65.2 Å². The first-order chi connectivity index (χ1) is 15.5. The average molecular weight is 433 g/mol. The van der Waals surface area contributed by atoms with E-state index in [1.807, 2.05) is 18.2 Å². The highest BCUT2D eigenvalue weighted by Crippen LogP contribution is 2.32. The van der Waals surface area contributed by atoms with Crippen LogP contribution < -0.4 is 4.74 Å². The van der Waals surface area contributed by atoms with Crippen LogP contribution in [0.25, 0.3) is 28.2 Å². The van der Waals surface area contributed by atoms with Crippen LogP contribution in [0.2, 0.25) is 0 Å². The summed E-state index contributed by atoms with van der Waals surface area (Å²) in [4.78, 5) is 8.68. The molecular weight excluding hydrogens is 419 g/mol. The fourth-order valence-electron chi connectivity index (χ4n) is 3.27. The highest BCUT2D eigenvalue weighted by atomic mass is 19.4. The molecule has 0 saturated carbocycles. The molecule has 0 fully saturated rings. The van der Waals surface area contributed by atoms with Crippen molar-refractivity contribution in [3.05, 3.63) is 91.1 Å². The molecule has 0 saturated heterocycles. The molecule has 9 heteroatoms. The number of pyridine rings is 3. The molecular formula is C23H14F3N5O. The molecule has 5 rings (SSSR count). The van der Waals surface area contributed by atoms with Gasteiger partial charge in [0.25, 0.3) is 0 Å². The van der Waals surface area contributed by atoms with E-state index in [4.69, 9.17) is 4.74 Å². The van der Waals surface area contributed by atoms with Crippen molar-refractivity contribution in [3.8, 4) is 34.0 Å². The number of nitrogens with zero attached hydrogens (tertiary/aromatic N) is 5. The molecule has 0 aliphatic carbocycles. The van der Waals surface area contributed by atoms with E-state index >= 15 is 0 Å². The molecule has 4 heterocycles. The van der Waals surface area contributed by atoms with Gasteiger partial charge in [-0.2, -0.15) is 13.2 Å². The maximum atomic E-state index is 13.2. The lowest BCUT2D eigenvalue weighted by Crippen LogP contribution is -2.10. The fraction of sp³-hybridized carbons (Fsp3) is 0.0435. The van der Waals surface area contributed by atoms with E-state index in [2.05, 4.69) is 20.2 Å². The number of aromatic nitrogens is 5. The van der Waals surface area contributed by atoms with Crippen LogP contribution in [0.3, 0.4) is 0 Å². The van der Waals surface area contributed by atoms with Crippen LogP contribution in [0.5, 0.6) is 11.5 Å². The van der Waals surface area contributed by atoms with Crippen LogP contribution in [0.1, 0.15) is 5.82 Å². The second-order valence-electron chi connectivity index (χ2n) is 6.86. The van der Waals surface area contributed by atoms with E-state index in [-0.39, 0.29) is 5.65 Å². The molecule has 158 valence electrons. The quantitative estimate of drug-likeness (QED) is 0.366. The molecule has 0 aliphatic heterocycles. The Morgan fingerprint density at radius 3 is 2.28 bits per heavy atom. The minimum absolute atomic E-state index is 0.125. The van der Waals surface area contributed by atoms with Crippen molar-refractivity contribution in [1.82, 2.24) is 24.6 Å². The number of halogens is 3. The normalized spacial score (nSPS) is 11.6. The fourth-order valence-corrected chi connectivity index (χ4v) is 3.27. The summed E-state index contributed by atoms with van der Waals surface area (Å²) in [6.07, 6.45) is 0.120. The molecule has 0 aliphatic rings. The van der Waals surface area contributed by atoms with Gasteiger partial charge < -0.3 is 4.74 Å². The van der Waals surface area contributed by atoms with Gasteiger partial charge in [-0.1, -0.05) is 18.2 Å². The first-order valence-corrected chi connectivity index (χ1v) is 9.56. The molecule has 0 N–H and O–H groups in total. The van der Waals surface area contributed by atoms with Crippen molar-refractivity contribution in [1.29, 1.82) is 0 Å². The van der Waals surface area contributed by atoms with E-state index < -0.39 is 12.0 Å². The lowest BCUT2D eigenvalue weighted by molar-refractivity contribution is -0.145. The summed E-state index contributed by atoms with van der Waals surface area (Å²) in [5.41, 5.74) is 2.72. The molecule has 0 atom stereocenters. The Kier molecular flexibility index (Phi) is 4.78. The minimum Gasteiger partial charge on any atom is -0.455 e. The van der Waals surface area contributed by atoms with Gasteiger partial charge in [-0.3, -0.25) is 14.4 Å². The van der Waals surface area contributed by atoms with Crippen molar-refractivity contribution in [2.24, 2.45) is 0 Å². The van der Waals surface area contributed by atoms with Gasteiger partial charge in [-0.25, -0.2) is 0 Å². The summed E-state index contributed by atoms with van der Waals surface area (Å²) in [6, 6.07) is 19.3. The van der Waals surface area contributed by atoms with Gasteiger partial charge in [0.2, 0.25) is 5.82 Å². The van der Waals surface area contributed by atoms with E-state index in [1.54, 1.807) is 54.9 Å². The number of hydrogen-bond donors (Lipinski definition) is 0. The van der Waals surface area contributed by atoms with Gasteiger partial charge in [0.1, 0.15) is 11.4 Å². The van der Waals surface area contributed by atoms with E-state index in [0.717, 1.165) is 9.96 Å². The second-order valence-corrected chi connectivity index (χ2v) is 6.86. The molecule has 1 aromatic carbocycles. The van der Waals surface area contributed by atoms with E-state index in [0.29, 0.717) is 28.5 Å². The molecule has 0 bridgehead atoms. The summed E-state index contributed by atoms with van der Waals surface area (Å²) >= 11 is 0. The molecule has 0 spiro atoms. The third-order valence-electron chi connectivity index (χ3n) is 4.75. The Balaban J connectivity index is 1.44. The van der Waals surface area contributed by atoms with Crippen LogP contribution in [0, 0.1) is 0 Å². The molecule has 4 aromatic heterocycles. The maximum absolute atomic E-state index is 13.2. The number of fused-ring (bicyclic) bond motifs is 1. The number of benzene rings is 1. The Hall–Kier alpha value is -4.27. The van der Waals surface area contributed by atoms with Gasteiger partial charge in [0, 0.05) is 18.6 Å². The molecule has 0 amide bonds. The average Bonchev–Trinajstić information content (AvgIpc) is 3.24. The largest absolute Gasteiger partial charge is 0.455 e. The van der Waals surface area contributed by atoms with Crippen molar-refractivity contribution >= 4 is 5.65 Å². The van der Waals surface area contributed by atoms with Gasteiger partial charge in [0.05, 0.1) is 5.69 Å². The monoisotopic (exact) mass is 433 g/mol. The predicted molar refractivity (Wildman–Crippen MR) is 111 cm³/mol. The maximum Gasteiger partial charge on any atom is 0.452 e. The smallest absolute Gasteiger partial charge is 0.452 e. The number of ether oxygens (including phenoxy) is 1. The third kappa shape index (κ3) is 3.76. The Morgan fingerprint density at radius 1 is 0.750 bits per heavy atom. The summed E-state index contributed by atoms with van der Waals surface area (Å²) in [5.74, 6) is 0.0351. The summed E-state index contributed by atoms with van der Waals surface area (Å²) in [6.45, 7) is 0. The highest BCUT2D eigenvalue weighted by Gasteiger charge is 2.36. The summed E-state index contributed by atoms with van der Waals surface area (Å²) in [7, 11) is 0. The highest BCUT2D eigenvalue weighted by molar-refractivity contribution is 5.66.